The number of amides is 2. The van der Waals surface area contributed by atoms with Crippen LogP contribution in [0.15, 0.2) is 17.1 Å². The molecule has 11 heteroatoms. The highest BCUT2D eigenvalue weighted by Gasteiger charge is 2.48. The molecule has 2 amide bonds. The molecule has 1 aromatic rings. The summed E-state index contributed by atoms with van der Waals surface area (Å²) in [7, 11) is -3.01. The van der Waals surface area contributed by atoms with Crippen LogP contribution >= 0.6 is 0 Å². The van der Waals surface area contributed by atoms with E-state index in [1.807, 2.05) is 46.8 Å². The van der Waals surface area contributed by atoms with Crippen molar-refractivity contribution in [2.75, 3.05) is 30.8 Å². The molecule has 1 saturated heterocycles. The maximum Gasteiger partial charge on any atom is 0.414 e. The van der Waals surface area contributed by atoms with E-state index in [1.165, 1.54) is 22.0 Å². The highest BCUT2D eigenvalue weighted by atomic mass is 32.2. The number of piperidine rings is 1. The Morgan fingerprint density at radius 3 is 2.16 bits per heavy atom. The molecule has 2 heterocycles. The summed E-state index contributed by atoms with van der Waals surface area (Å²) >= 11 is 0. The van der Waals surface area contributed by atoms with Crippen molar-refractivity contribution in [3.63, 3.8) is 0 Å². The average molecular weight is 633 g/mol. The van der Waals surface area contributed by atoms with Crippen LogP contribution in [-0.4, -0.2) is 75.7 Å². The summed E-state index contributed by atoms with van der Waals surface area (Å²) < 4.78 is 33.8. The van der Waals surface area contributed by atoms with E-state index in [2.05, 4.69) is 25.0 Å². The number of nitrogens with zero attached hydrogens (tertiary/aromatic N) is 3. The minimum absolute atomic E-state index is 0.00994. The van der Waals surface area contributed by atoms with Crippen LogP contribution in [0.5, 0.6) is 0 Å². The monoisotopic (exact) mass is 632 g/mol. The molecule has 1 saturated carbocycles. The van der Waals surface area contributed by atoms with Gasteiger partial charge in [0.15, 0.2) is 0 Å². The molecule has 43 heavy (non-hydrogen) atoms. The van der Waals surface area contributed by atoms with Crippen molar-refractivity contribution in [3.05, 3.63) is 28.8 Å². The van der Waals surface area contributed by atoms with Crippen LogP contribution in [-0.2, 0) is 26.0 Å². The molecule has 0 unspecified atom stereocenters. The molecule has 4 rings (SSSR count). The van der Waals surface area contributed by atoms with E-state index in [4.69, 9.17) is 9.73 Å². The SMILES string of the molecule is Cc1cc(N(C)C(=O)OC(C)(C)C)cc(C)c1CCS(=O)(=O)N1CCC2(CC1)N=C(C1CCC([Si](C)(C)C)CC1)NC2=O. The summed E-state index contributed by atoms with van der Waals surface area (Å²) in [5.74, 6) is 1.07. The summed E-state index contributed by atoms with van der Waals surface area (Å²) in [6.45, 7) is 17.3. The molecule has 0 radical (unpaired) electrons. The van der Waals surface area contributed by atoms with Crippen molar-refractivity contribution < 1.29 is 22.7 Å². The molecule has 1 spiro atoms. The molecule has 9 nitrogen and oxygen atoms in total. The van der Waals surface area contributed by atoms with E-state index in [9.17, 15) is 18.0 Å². The number of aryl methyl sites for hydroxylation is 2. The highest BCUT2D eigenvalue weighted by Crippen LogP contribution is 2.41. The number of sulfonamides is 1. The van der Waals surface area contributed by atoms with E-state index in [1.54, 1.807) is 7.05 Å². The van der Waals surface area contributed by atoms with Crippen molar-refractivity contribution in [1.29, 1.82) is 0 Å². The minimum Gasteiger partial charge on any atom is -0.443 e. The molecule has 1 aromatic carbocycles. The Morgan fingerprint density at radius 1 is 1.09 bits per heavy atom. The Balaban J connectivity index is 1.35. The Hall–Kier alpha value is -2.24. The topological polar surface area (TPSA) is 108 Å². The molecular formula is C32H52N4O5SSi. The van der Waals surface area contributed by atoms with Gasteiger partial charge in [-0.2, -0.15) is 0 Å². The molecule has 0 aromatic heterocycles. The number of carbonyl (C=O) groups excluding carboxylic acids is 2. The number of carbonyl (C=O) groups is 2. The highest BCUT2D eigenvalue weighted by molar-refractivity contribution is 7.89. The normalized spacial score (nSPS) is 23.2. The van der Waals surface area contributed by atoms with Gasteiger partial charge in [0.2, 0.25) is 10.0 Å². The first-order chi connectivity index (χ1) is 19.8. The lowest BCUT2D eigenvalue weighted by atomic mass is 9.87. The number of hydrogen-bond donors (Lipinski definition) is 1. The fourth-order valence-corrected chi connectivity index (χ4v) is 10.3. The summed E-state index contributed by atoms with van der Waals surface area (Å²) in [5, 5.41) is 3.10. The van der Waals surface area contributed by atoms with Crippen LogP contribution < -0.4 is 10.2 Å². The first kappa shape index (κ1) is 33.6. The van der Waals surface area contributed by atoms with E-state index >= 15 is 0 Å². The number of ether oxygens (including phenoxy) is 1. The zero-order chi connectivity index (χ0) is 32.0. The number of benzene rings is 1. The van der Waals surface area contributed by atoms with Crippen LogP contribution in [0, 0.1) is 19.8 Å². The average Bonchev–Trinajstić information content (AvgIpc) is 3.21. The van der Waals surface area contributed by atoms with Crippen LogP contribution in [0.1, 0.15) is 76.0 Å². The molecule has 1 aliphatic carbocycles. The van der Waals surface area contributed by atoms with E-state index in [0.29, 0.717) is 44.0 Å². The largest absolute Gasteiger partial charge is 0.443 e. The quantitative estimate of drug-likeness (QED) is 0.382. The molecule has 240 valence electrons. The van der Waals surface area contributed by atoms with Gasteiger partial charge >= 0.3 is 6.09 Å². The Labute approximate surface area is 259 Å². The molecular weight excluding hydrogens is 581 g/mol. The molecule has 1 N–H and O–H groups in total. The third-order valence-electron chi connectivity index (χ3n) is 9.63. The fraction of sp³-hybridized carbons (Fsp3) is 0.719. The fourth-order valence-electron chi connectivity index (χ4n) is 6.80. The maximum absolute atomic E-state index is 13.4. The maximum atomic E-state index is 13.4. The van der Waals surface area contributed by atoms with Gasteiger partial charge in [0.1, 0.15) is 17.0 Å². The van der Waals surface area contributed by atoms with Crippen molar-refractivity contribution in [1.82, 2.24) is 9.62 Å². The van der Waals surface area contributed by atoms with Gasteiger partial charge in [-0.15, -0.1) is 0 Å². The number of amidine groups is 1. The van der Waals surface area contributed by atoms with Gasteiger partial charge in [0.25, 0.3) is 5.91 Å². The second-order valence-corrected chi connectivity index (χ2v) is 22.6. The van der Waals surface area contributed by atoms with Crippen molar-refractivity contribution in [3.8, 4) is 0 Å². The van der Waals surface area contributed by atoms with E-state index in [-0.39, 0.29) is 11.7 Å². The van der Waals surface area contributed by atoms with Gasteiger partial charge < -0.3 is 10.1 Å². The van der Waals surface area contributed by atoms with Crippen LogP contribution in [0.25, 0.3) is 0 Å². The predicted molar refractivity (Wildman–Crippen MR) is 176 cm³/mol. The lowest BCUT2D eigenvalue weighted by molar-refractivity contribution is -0.125. The lowest BCUT2D eigenvalue weighted by Gasteiger charge is -2.36. The first-order valence-corrected chi connectivity index (χ1v) is 21.0. The van der Waals surface area contributed by atoms with Crippen LogP contribution in [0.3, 0.4) is 0 Å². The summed E-state index contributed by atoms with van der Waals surface area (Å²) in [6.07, 6.45) is 5.31. The first-order valence-electron chi connectivity index (χ1n) is 15.8. The zero-order valence-corrected chi connectivity index (χ0v) is 29.5. The number of anilines is 1. The number of rotatable bonds is 7. The van der Waals surface area contributed by atoms with Gasteiger partial charge in [-0.3, -0.25) is 14.7 Å². The number of hydrogen-bond acceptors (Lipinski definition) is 6. The van der Waals surface area contributed by atoms with Gasteiger partial charge in [0, 0.05) is 39.8 Å². The number of aliphatic imine (C=N–C) groups is 1. The second kappa shape index (κ2) is 12.3. The molecule has 0 bridgehead atoms. The third-order valence-corrected chi connectivity index (χ3v) is 14.5. The number of nitrogens with one attached hydrogen (secondary N) is 1. The Kier molecular flexibility index (Phi) is 9.60. The van der Waals surface area contributed by atoms with E-state index in [0.717, 1.165) is 40.9 Å². The van der Waals surface area contributed by atoms with Crippen molar-refractivity contribution in [2.45, 2.75) is 116 Å². The predicted octanol–water partition coefficient (Wildman–Crippen LogP) is 5.81. The van der Waals surface area contributed by atoms with Gasteiger partial charge in [-0.05, 0) is 101 Å². The summed E-state index contributed by atoms with van der Waals surface area (Å²) in [5.41, 5.74) is 2.93. The lowest BCUT2D eigenvalue weighted by Crippen LogP contribution is -2.51. The van der Waals surface area contributed by atoms with Gasteiger partial charge in [-0.1, -0.05) is 32.5 Å². The van der Waals surface area contributed by atoms with Crippen LogP contribution in [0.4, 0.5) is 10.5 Å². The zero-order valence-electron chi connectivity index (χ0n) is 27.7. The van der Waals surface area contributed by atoms with E-state index < -0.39 is 35.3 Å². The second-order valence-electron chi connectivity index (χ2n) is 15.0. The molecule has 0 atom stereocenters. The molecule has 2 fully saturated rings. The van der Waals surface area contributed by atoms with Gasteiger partial charge in [0.05, 0.1) is 5.75 Å². The standard InChI is InChI=1S/C32H52N4O5SSi/c1-22-20-25(35(6)30(38)41-31(3,4)5)21-23(2)27(22)14-19-42(39,40)36-17-15-32(16-18-36)29(37)33-28(34-32)24-10-12-26(13-11-24)43(7,8)9/h20-21,24,26H,10-19H2,1-9H3,(H,33,34,37). The Morgan fingerprint density at radius 2 is 1.65 bits per heavy atom. The summed E-state index contributed by atoms with van der Waals surface area (Å²) in [4.78, 5) is 32.1. The molecule has 3 aliphatic rings. The smallest absolute Gasteiger partial charge is 0.414 e. The van der Waals surface area contributed by atoms with Crippen molar-refractivity contribution in [2.24, 2.45) is 10.9 Å². The van der Waals surface area contributed by atoms with Gasteiger partial charge in [-0.25, -0.2) is 17.5 Å². The minimum atomic E-state index is -3.52. The van der Waals surface area contributed by atoms with Crippen LogP contribution in [0.2, 0.25) is 25.2 Å². The Bertz CT molecular complexity index is 1340. The third kappa shape index (κ3) is 7.71. The summed E-state index contributed by atoms with van der Waals surface area (Å²) in [6, 6.07) is 3.80. The molecule has 2 aliphatic heterocycles. The van der Waals surface area contributed by atoms with Crippen molar-refractivity contribution >= 4 is 41.6 Å².